The van der Waals surface area contributed by atoms with Gasteiger partial charge in [0.15, 0.2) is 5.65 Å². The quantitative estimate of drug-likeness (QED) is 0.402. The maximum Gasteiger partial charge on any atom is 0.229 e. The molecule has 0 spiro atoms. The molecule has 2 aromatic carbocycles. The number of nitrogens with zero attached hydrogens (tertiary/aromatic N) is 4. The molecule has 0 fully saturated rings. The molecule has 0 aliphatic rings. The van der Waals surface area contributed by atoms with Crippen LogP contribution in [0, 0.1) is 0 Å². The molecule has 0 bridgehead atoms. The molecule has 0 radical (unpaired) electrons. The lowest BCUT2D eigenvalue weighted by Crippen LogP contribution is -2.20. The van der Waals surface area contributed by atoms with Crippen LogP contribution in [0.4, 0.5) is 5.69 Å². The summed E-state index contributed by atoms with van der Waals surface area (Å²) in [6.07, 6.45) is 6.59. The number of rotatable bonds is 4. The van der Waals surface area contributed by atoms with Crippen LogP contribution in [0.15, 0.2) is 61.2 Å². The van der Waals surface area contributed by atoms with Crippen molar-refractivity contribution in [3.63, 3.8) is 0 Å². The number of fused-ring (bicyclic) bond motifs is 2. The fraction of sp³-hybridized carbons (Fsp3) is 0.208. The highest BCUT2D eigenvalue weighted by Gasteiger charge is 2.18. The average Bonchev–Trinajstić information content (AvgIpc) is 3.35. The topological polar surface area (TPSA) is 106 Å². The van der Waals surface area contributed by atoms with E-state index in [2.05, 4.69) is 51.1 Å². The summed E-state index contributed by atoms with van der Waals surface area (Å²) < 4.78 is 27.9. The summed E-state index contributed by atoms with van der Waals surface area (Å²) in [6.45, 7) is 6.45. The second-order valence-electron chi connectivity index (χ2n) is 9.10. The lowest BCUT2D eigenvalue weighted by atomic mass is 10.1. The Balaban J connectivity index is 1.61. The summed E-state index contributed by atoms with van der Waals surface area (Å²) in [7, 11) is -3.37. The molecule has 5 rings (SSSR count). The third kappa shape index (κ3) is 4.07. The minimum Gasteiger partial charge on any atom is -0.344 e. The van der Waals surface area contributed by atoms with E-state index in [1.165, 1.54) is 0 Å². The fourth-order valence-electron chi connectivity index (χ4n) is 3.92. The van der Waals surface area contributed by atoms with Gasteiger partial charge in [-0.2, -0.15) is 0 Å². The number of aromatic nitrogens is 5. The minimum atomic E-state index is -3.37. The van der Waals surface area contributed by atoms with E-state index < -0.39 is 10.0 Å². The lowest BCUT2D eigenvalue weighted by Gasteiger charge is -2.21. The van der Waals surface area contributed by atoms with Crippen molar-refractivity contribution in [1.82, 2.24) is 24.5 Å². The van der Waals surface area contributed by atoms with Gasteiger partial charge < -0.3 is 9.55 Å². The predicted octanol–water partition coefficient (Wildman–Crippen LogP) is 4.77. The van der Waals surface area contributed by atoms with Gasteiger partial charge in [0.25, 0.3) is 0 Å². The summed E-state index contributed by atoms with van der Waals surface area (Å²) >= 11 is 0. The van der Waals surface area contributed by atoms with Crippen LogP contribution in [0.25, 0.3) is 44.6 Å². The minimum absolute atomic E-state index is 0.0917. The van der Waals surface area contributed by atoms with Gasteiger partial charge in [0.2, 0.25) is 10.0 Å². The molecule has 0 saturated heterocycles. The van der Waals surface area contributed by atoms with Gasteiger partial charge in [-0.25, -0.2) is 23.4 Å². The van der Waals surface area contributed by atoms with Crippen LogP contribution in [0.2, 0.25) is 0 Å². The maximum absolute atomic E-state index is 11.6. The van der Waals surface area contributed by atoms with Crippen molar-refractivity contribution in [2.24, 2.45) is 0 Å². The van der Waals surface area contributed by atoms with E-state index in [-0.39, 0.29) is 5.54 Å². The zero-order chi connectivity index (χ0) is 23.4. The number of imidazole rings is 1. The molecule has 8 nitrogen and oxygen atoms in total. The van der Waals surface area contributed by atoms with Gasteiger partial charge in [-0.15, -0.1) is 0 Å². The maximum atomic E-state index is 11.6. The number of aromatic amines is 1. The Morgan fingerprint density at radius 1 is 1.03 bits per heavy atom. The highest BCUT2D eigenvalue weighted by molar-refractivity contribution is 7.92. The molecule has 0 amide bonds. The Morgan fingerprint density at radius 2 is 1.85 bits per heavy atom. The van der Waals surface area contributed by atoms with Gasteiger partial charge in [0.05, 0.1) is 35.5 Å². The Kier molecular flexibility index (Phi) is 4.75. The largest absolute Gasteiger partial charge is 0.344 e. The predicted molar refractivity (Wildman–Crippen MR) is 132 cm³/mol. The average molecular weight is 461 g/mol. The van der Waals surface area contributed by atoms with Crippen molar-refractivity contribution in [1.29, 1.82) is 0 Å². The van der Waals surface area contributed by atoms with E-state index in [9.17, 15) is 8.42 Å². The van der Waals surface area contributed by atoms with E-state index >= 15 is 0 Å². The van der Waals surface area contributed by atoms with E-state index in [4.69, 9.17) is 4.98 Å². The van der Waals surface area contributed by atoms with Gasteiger partial charge >= 0.3 is 0 Å². The normalized spacial score (nSPS) is 12.5. The van der Waals surface area contributed by atoms with Crippen LogP contribution in [-0.4, -0.2) is 39.2 Å². The summed E-state index contributed by atoms with van der Waals surface area (Å²) in [4.78, 5) is 17.2. The van der Waals surface area contributed by atoms with Crippen molar-refractivity contribution in [2.45, 2.75) is 26.3 Å². The number of H-pyrrole nitrogens is 1. The van der Waals surface area contributed by atoms with Crippen molar-refractivity contribution in [3.8, 4) is 22.4 Å². The van der Waals surface area contributed by atoms with Crippen LogP contribution in [-0.2, 0) is 15.6 Å². The van der Waals surface area contributed by atoms with Crippen molar-refractivity contribution >= 4 is 37.9 Å². The highest BCUT2D eigenvalue weighted by atomic mass is 32.2. The molecule has 2 N–H and O–H groups in total. The van der Waals surface area contributed by atoms with Gasteiger partial charge in [-0.1, -0.05) is 18.2 Å². The Labute approximate surface area is 191 Å². The Hall–Kier alpha value is -3.72. The van der Waals surface area contributed by atoms with Gasteiger partial charge in [-0.3, -0.25) is 4.72 Å². The highest BCUT2D eigenvalue weighted by Crippen LogP contribution is 2.32. The summed E-state index contributed by atoms with van der Waals surface area (Å²) in [5.41, 5.74) is 7.19. The van der Waals surface area contributed by atoms with Crippen molar-refractivity contribution in [2.75, 3.05) is 11.0 Å². The molecule has 33 heavy (non-hydrogen) atoms. The van der Waals surface area contributed by atoms with Crippen LogP contribution in [0.3, 0.4) is 0 Å². The lowest BCUT2D eigenvalue weighted by molar-refractivity contribution is 0.408. The number of nitrogens with one attached hydrogen (secondary N) is 2. The summed E-state index contributed by atoms with van der Waals surface area (Å²) in [5.74, 6) is 0. The molecular formula is C24H24N6O2S. The first-order valence-electron chi connectivity index (χ1n) is 10.5. The molecule has 0 unspecified atom stereocenters. The zero-order valence-corrected chi connectivity index (χ0v) is 19.6. The molecule has 5 aromatic rings. The number of hydrogen-bond acceptors (Lipinski definition) is 5. The first-order valence-corrected chi connectivity index (χ1v) is 12.4. The molecule has 3 aromatic heterocycles. The Morgan fingerprint density at radius 3 is 2.61 bits per heavy atom. The summed E-state index contributed by atoms with van der Waals surface area (Å²) in [5, 5.41) is 0. The number of anilines is 1. The molecule has 3 heterocycles. The molecule has 0 aliphatic carbocycles. The second kappa shape index (κ2) is 7.41. The van der Waals surface area contributed by atoms with E-state index in [1.54, 1.807) is 24.4 Å². The second-order valence-corrected chi connectivity index (χ2v) is 10.8. The molecular weight excluding hydrogens is 436 g/mol. The Bertz CT molecular complexity index is 1610. The van der Waals surface area contributed by atoms with Crippen LogP contribution in [0.5, 0.6) is 0 Å². The first-order chi connectivity index (χ1) is 15.6. The van der Waals surface area contributed by atoms with Crippen LogP contribution < -0.4 is 4.72 Å². The monoisotopic (exact) mass is 460 g/mol. The SMILES string of the molecule is CC(C)(C)n1cnc2ccc(-c3c[nH]c4ncc(-c5cccc(NS(C)(=O)=O)c5)nc34)cc21. The third-order valence-corrected chi connectivity index (χ3v) is 6.03. The summed E-state index contributed by atoms with van der Waals surface area (Å²) in [6, 6.07) is 13.3. The molecule has 9 heteroatoms. The van der Waals surface area contributed by atoms with E-state index in [1.807, 2.05) is 30.7 Å². The van der Waals surface area contributed by atoms with Crippen molar-refractivity contribution < 1.29 is 8.42 Å². The zero-order valence-electron chi connectivity index (χ0n) is 18.8. The molecule has 168 valence electrons. The van der Waals surface area contributed by atoms with Crippen LogP contribution >= 0.6 is 0 Å². The number of benzene rings is 2. The van der Waals surface area contributed by atoms with E-state index in [0.717, 1.165) is 39.5 Å². The van der Waals surface area contributed by atoms with Gasteiger partial charge in [0, 0.05) is 28.6 Å². The van der Waals surface area contributed by atoms with Crippen LogP contribution in [0.1, 0.15) is 20.8 Å². The fourth-order valence-corrected chi connectivity index (χ4v) is 4.47. The first kappa shape index (κ1) is 21.1. The number of sulfonamides is 1. The van der Waals surface area contributed by atoms with Gasteiger partial charge in [0.1, 0.15) is 5.52 Å². The van der Waals surface area contributed by atoms with E-state index in [0.29, 0.717) is 17.0 Å². The van der Waals surface area contributed by atoms with Crippen molar-refractivity contribution in [3.05, 3.63) is 61.2 Å². The molecule has 0 saturated carbocycles. The molecule has 0 aliphatic heterocycles. The van der Waals surface area contributed by atoms with Gasteiger partial charge in [-0.05, 0) is 50.6 Å². The standard InChI is InChI=1S/C24H24N6O2S/c1-24(2,3)30-14-27-19-9-8-15(11-21(19)30)18-12-25-23-22(18)28-20(13-26-23)16-6-5-7-17(10-16)29-33(4,31)32/h5-14,29H,1-4H3,(H,25,26). The third-order valence-electron chi connectivity index (χ3n) is 5.42. The number of hydrogen-bond donors (Lipinski definition) is 2. The smallest absolute Gasteiger partial charge is 0.229 e. The molecule has 0 atom stereocenters.